The molecule has 0 heterocycles. The molecule has 22 heavy (non-hydrogen) atoms. The summed E-state index contributed by atoms with van der Waals surface area (Å²) in [7, 11) is -1.35. The van der Waals surface area contributed by atoms with Crippen LogP contribution < -0.4 is 0 Å². The molecule has 0 saturated heterocycles. The van der Waals surface area contributed by atoms with E-state index >= 15 is 0 Å². The van der Waals surface area contributed by atoms with E-state index in [9.17, 15) is 4.57 Å². The van der Waals surface area contributed by atoms with Gasteiger partial charge >= 0.3 is 7.80 Å². The first-order chi connectivity index (χ1) is 10.8. The van der Waals surface area contributed by atoms with Crippen molar-refractivity contribution in [3.8, 4) is 0 Å². The van der Waals surface area contributed by atoms with Crippen molar-refractivity contribution < 1.29 is 4.57 Å². The van der Waals surface area contributed by atoms with Crippen molar-refractivity contribution in [2.24, 2.45) is 0 Å². The molecule has 0 atom stereocenters. The van der Waals surface area contributed by atoms with Crippen LogP contribution in [0.15, 0.2) is 84.4 Å². The van der Waals surface area contributed by atoms with Crippen molar-refractivity contribution in [3.63, 3.8) is 0 Å². The quantitative estimate of drug-likeness (QED) is 0.538. The van der Waals surface area contributed by atoms with Crippen molar-refractivity contribution in [3.05, 3.63) is 95.6 Å². The zero-order valence-corrected chi connectivity index (χ0v) is 13.7. The topological polar surface area (TPSA) is 17.1 Å². The van der Waals surface area contributed by atoms with E-state index in [4.69, 9.17) is 0 Å². The largest absolute Gasteiger partial charge is 0.399 e. The van der Waals surface area contributed by atoms with E-state index in [1.54, 1.807) is 0 Å². The summed E-state index contributed by atoms with van der Waals surface area (Å²) in [6.45, 7) is 0. The lowest BCUT2D eigenvalue weighted by Gasteiger charge is -1.95. The molecule has 0 aliphatic heterocycles. The normalized spacial score (nSPS) is 12.1. The van der Waals surface area contributed by atoms with E-state index in [1.807, 2.05) is 35.9 Å². The second-order valence-electron chi connectivity index (χ2n) is 5.18. The Kier molecular flexibility index (Phi) is 7.35. The summed E-state index contributed by atoms with van der Waals surface area (Å²) >= 11 is 0. The molecule has 2 aromatic rings. The van der Waals surface area contributed by atoms with Gasteiger partial charge < -0.3 is 0 Å². The van der Waals surface area contributed by atoms with E-state index in [-0.39, 0.29) is 0 Å². The second-order valence-corrected chi connectivity index (χ2v) is 6.49. The molecule has 0 radical (unpaired) electrons. The summed E-state index contributed by atoms with van der Waals surface area (Å²) in [5.74, 6) is 3.63. The lowest BCUT2D eigenvalue weighted by Crippen LogP contribution is -1.81. The number of aryl methyl sites for hydroxylation is 2. The lowest BCUT2D eigenvalue weighted by atomic mass is 10.1. The average molecular weight is 309 g/mol. The molecule has 1 nitrogen and oxygen atoms in total. The minimum atomic E-state index is -1.35. The molecule has 0 aromatic heterocycles. The van der Waals surface area contributed by atoms with Gasteiger partial charge in [-0.15, -0.1) is 0 Å². The minimum absolute atomic E-state index is 0.933. The van der Waals surface area contributed by atoms with Crippen molar-refractivity contribution in [1.82, 2.24) is 0 Å². The Labute approximate surface area is 134 Å². The molecule has 0 spiro atoms. The minimum Gasteiger partial charge on any atom is -0.0627 e. The molecule has 0 fully saturated rings. The van der Waals surface area contributed by atoms with Crippen LogP contribution in [0.5, 0.6) is 0 Å². The molecule has 0 aliphatic carbocycles. The monoisotopic (exact) mass is 309 g/mol. The molecule has 0 aliphatic rings. The molecule has 0 N–H and O–H groups in total. The number of rotatable bonds is 8. The maximum Gasteiger partial charge on any atom is 0.399 e. The van der Waals surface area contributed by atoms with Gasteiger partial charge in [-0.3, -0.25) is 0 Å². The van der Waals surface area contributed by atoms with Gasteiger partial charge in [0.2, 0.25) is 0 Å². The SMILES string of the molecule is O=[P+](C=CCCc1ccccc1)C=CCCc1ccccc1. The Bertz CT molecular complexity index is 559. The van der Waals surface area contributed by atoms with Crippen molar-refractivity contribution >= 4 is 7.80 Å². The zero-order valence-electron chi connectivity index (χ0n) is 12.8. The van der Waals surface area contributed by atoms with Gasteiger partial charge in [-0.25, -0.2) is 0 Å². The highest BCUT2D eigenvalue weighted by atomic mass is 31.1. The first-order valence-electron chi connectivity index (χ1n) is 7.71. The van der Waals surface area contributed by atoms with Gasteiger partial charge in [0.1, 0.15) is 0 Å². The Morgan fingerprint density at radius 2 is 1.09 bits per heavy atom. The van der Waals surface area contributed by atoms with Crippen LogP contribution in [0.1, 0.15) is 24.0 Å². The standard InChI is InChI=1S/C20H22OP/c21-22(17-9-7-15-19-11-3-1-4-12-19)18-10-8-16-20-13-5-2-6-14-20/h1-6,9-14,17-18H,7-8,15-16H2/q+1. The van der Waals surface area contributed by atoms with Crippen molar-refractivity contribution in [1.29, 1.82) is 0 Å². The van der Waals surface area contributed by atoms with Crippen LogP contribution >= 0.6 is 7.80 Å². The van der Waals surface area contributed by atoms with Crippen LogP contribution in [0.4, 0.5) is 0 Å². The third-order valence-electron chi connectivity index (χ3n) is 3.39. The van der Waals surface area contributed by atoms with Crippen LogP contribution in [0.3, 0.4) is 0 Å². The molecule has 2 rings (SSSR count). The molecule has 2 heteroatoms. The predicted molar refractivity (Wildman–Crippen MR) is 95.4 cm³/mol. The van der Waals surface area contributed by atoms with E-state index in [0.29, 0.717) is 0 Å². The first kappa shape index (κ1) is 16.4. The molecule has 0 bridgehead atoms. The fourth-order valence-corrected chi connectivity index (χ4v) is 3.01. The van der Waals surface area contributed by atoms with Gasteiger partial charge in [0, 0.05) is 0 Å². The molecule has 2 aromatic carbocycles. The van der Waals surface area contributed by atoms with Crippen molar-refractivity contribution in [2.45, 2.75) is 25.7 Å². The Morgan fingerprint density at radius 1 is 0.682 bits per heavy atom. The van der Waals surface area contributed by atoms with Gasteiger partial charge in [-0.1, -0.05) is 65.2 Å². The van der Waals surface area contributed by atoms with E-state index in [2.05, 4.69) is 48.5 Å². The molecule has 112 valence electrons. The summed E-state index contributed by atoms with van der Waals surface area (Å²) in [4.78, 5) is 0. The Hall–Kier alpha value is -1.98. The number of allylic oxidation sites excluding steroid dienone is 2. The highest BCUT2D eigenvalue weighted by molar-refractivity contribution is 7.51. The van der Waals surface area contributed by atoms with Crippen LogP contribution in [0.25, 0.3) is 0 Å². The van der Waals surface area contributed by atoms with Crippen LogP contribution in [-0.4, -0.2) is 0 Å². The fourth-order valence-electron chi connectivity index (χ4n) is 2.20. The van der Waals surface area contributed by atoms with Gasteiger partial charge in [-0.2, -0.15) is 0 Å². The van der Waals surface area contributed by atoms with Crippen LogP contribution in [0.2, 0.25) is 0 Å². The lowest BCUT2D eigenvalue weighted by molar-refractivity contribution is 0.597. The van der Waals surface area contributed by atoms with Gasteiger partial charge in [0.15, 0.2) is 11.6 Å². The zero-order chi connectivity index (χ0) is 15.5. The molecule has 0 saturated carbocycles. The molecule has 0 unspecified atom stereocenters. The third kappa shape index (κ3) is 6.65. The maximum atomic E-state index is 11.8. The summed E-state index contributed by atoms with van der Waals surface area (Å²) in [5, 5.41) is 0. The Morgan fingerprint density at radius 3 is 1.50 bits per heavy atom. The highest BCUT2D eigenvalue weighted by Gasteiger charge is 2.02. The summed E-state index contributed by atoms with van der Waals surface area (Å²) in [6.07, 6.45) is 7.91. The smallest absolute Gasteiger partial charge is 0.0627 e. The summed E-state index contributed by atoms with van der Waals surface area (Å²) < 4.78 is 11.8. The Balaban J connectivity index is 1.64. The second kappa shape index (κ2) is 9.87. The summed E-state index contributed by atoms with van der Waals surface area (Å²) in [6, 6.07) is 20.7. The van der Waals surface area contributed by atoms with E-state index in [1.165, 1.54) is 11.1 Å². The van der Waals surface area contributed by atoms with Gasteiger partial charge in [0.25, 0.3) is 0 Å². The molecule has 0 amide bonds. The van der Waals surface area contributed by atoms with Gasteiger partial charge in [-0.05, 0) is 49.0 Å². The number of benzene rings is 2. The van der Waals surface area contributed by atoms with Gasteiger partial charge in [0.05, 0.1) is 0 Å². The van der Waals surface area contributed by atoms with E-state index < -0.39 is 7.80 Å². The molecular weight excluding hydrogens is 287 g/mol. The number of hydrogen-bond donors (Lipinski definition) is 0. The van der Waals surface area contributed by atoms with Crippen molar-refractivity contribution in [2.75, 3.05) is 0 Å². The van der Waals surface area contributed by atoms with Crippen LogP contribution in [-0.2, 0) is 17.4 Å². The maximum absolute atomic E-state index is 11.8. The summed E-state index contributed by atoms with van der Waals surface area (Å²) in [5.41, 5.74) is 2.64. The van der Waals surface area contributed by atoms with E-state index in [0.717, 1.165) is 25.7 Å². The first-order valence-corrected chi connectivity index (χ1v) is 9.11. The average Bonchev–Trinajstić information content (AvgIpc) is 2.57. The molecular formula is C20H22OP+. The van der Waals surface area contributed by atoms with Crippen LogP contribution in [0, 0.1) is 0 Å². The predicted octanol–water partition coefficient (Wildman–Crippen LogP) is 6.11. The highest BCUT2D eigenvalue weighted by Crippen LogP contribution is 2.24. The number of hydrogen-bond acceptors (Lipinski definition) is 1. The third-order valence-corrected chi connectivity index (χ3v) is 4.40. The fraction of sp³-hybridized carbons (Fsp3) is 0.200.